The second kappa shape index (κ2) is 6.03. The highest BCUT2D eigenvalue weighted by Gasteiger charge is 2.05. The van der Waals surface area contributed by atoms with E-state index < -0.39 is 0 Å². The smallest absolute Gasteiger partial charge is 0.0951 e. The normalized spacial score (nSPS) is 11.1. The Kier molecular flexibility index (Phi) is 4.39. The van der Waals surface area contributed by atoms with Crippen LogP contribution in [0.15, 0.2) is 36.8 Å². The predicted molar refractivity (Wildman–Crippen MR) is 74.8 cm³/mol. The molecule has 0 atom stereocenters. The van der Waals surface area contributed by atoms with Gasteiger partial charge in [0.1, 0.15) is 0 Å². The van der Waals surface area contributed by atoms with Crippen LogP contribution in [0.25, 0.3) is 0 Å². The monoisotopic (exact) mass is 263 g/mol. The van der Waals surface area contributed by atoms with Gasteiger partial charge >= 0.3 is 0 Å². The van der Waals surface area contributed by atoms with E-state index >= 15 is 0 Å². The Balaban J connectivity index is 2.10. The summed E-state index contributed by atoms with van der Waals surface area (Å²) < 4.78 is 2.12. The summed E-state index contributed by atoms with van der Waals surface area (Å²) in [5.74, 6) is 0. The summed E-state index contributed by atoms with van der Waals surface area (Å²) in [6.45, 7) is 5.85. The molecule has 2 aromatic rings. The standard InChI is InChI=1S/C14H18ClN3/c1-11(2)17-8-13-7-16-10-18(13)9-12-5-3-4-6-14(12)15/h3-7,10-11,17H,8-9H2,1-2H3. The number of rotatable bonds is 5. The van der Waals surface area contributed by atoms with Crippen LogP contribution in [0.5, 0.6) is 0 Å². The molecule has 1 N–H and O–H groups in total. The van der Waals surface area contributed by atoms with E-state index in [1.807, 2.05) is 36.8 Å². The van der Waals surface area contributed by atoms with Gasteiger partial charge in [-0.15, -0.1) is 0 Å². The van der Waals surface area contributed by atoms with Crippen LogP contribution in [-0.2, 0) is 13.1 Å². The summed E-state index contributed by atoms with van der Waals surface area (Å²) >= 11 is 6.17. The van der Waals surface area contributed by atoms with E-state index in [1.54, 1.807) is 0 Å². The predicted octanol–water partition coefficient (Wildman–Crippen LogP) is 3.08. The third-order valence-electron chi connectivity index (χ3n) is 2.79. The summed E-state index contributed by atoms with van der Waals surface area (Å²) in [4.78, 5) is 4.21. The van der Waals surface area contributed by atoms with Crippen molar-refractivity contribution in [3.05, 3.63) is 53.1 Å². The molecule has 0 saturated carbocycles. The number of nitrogens with zero attached hydrogens (tertiary/aromatic N) is 2. The summed E-state index contributed by atoms with van der Waals surface area (Å²) in [5.41, 5.74) is 2.28. The molecule has 0 saturated heterocycles. The minimum Gasteiger partial charge on any atom is -0.329 e. The largest absolute Gasteiger partial charge is 0.329 e. The molecular formula is C14H18ClN3. The lowest BCUT2D eigenvalue weighted by Gasteiger charge is -2.12. The van der Waals surface area contributed by atoms with Crippen molar-refractivity contribution in [2.24, 2.45) is 0 Å². The van der Waals surface area contributed by atoms with E-state index in [0.717, 1.165) is 23.7 Å². The van der Waals surface area contributed by atoms with Gasteiger partial charge in [-0.05, 0) is 11.6 Å². The maximum atomic E-state index is 6.17. The number of hydrogen-bond donors (Lipinski definition) is 1. The Morgan fingerprint density at radius 1 is 1.33 bits per heavy atom. The summed E-state index contributed by atoms with van der Waals surface area (Å²) in [5, 5.41) is 4.19. The van der Waals surface area contributed by atoms with Gasteiger partial charge in [-0.3, -0.25) is 0 Å². The molecule has 0 bridgehead atoms. The van der Waals surface area contributed by atoms with E-state index in [0.29, 0.717) is 6.04 Å². The van der Waals surface area contributed by atoms with Gasteiger partial charge in [-0.1, -0.05) is 43.6 Å². The van der Waals surface area contributed by atoms with Crippen molar-refractivity contribution in [1.29, 1.82) is 0 Å². The number of imidazole rings is 1. The Morgan fingerprint density at radius 2 is 2.11 bits per heavy atom. The molecule has 18 heavy (non-hydrogen) atoms. The second-order valence-electron chi connectivity index (χ2n) is 4.64. The Labute approximate surface area is 113 Å². The zero-order chi connectivity index (χ0) is 13.0. The summed E-state index contributed by atoms with van der Waals surface area (Å²) in [7, 11) is 0. The van der Waals surface area contributed by atoms with Crippen LogP contribution < -0.4 is 5.32 Å². The molecule has 1 aromatic carbocycles. The van der Waals surface area contributed by atoms with Gasteiger partial charge in [-0.2, -0.15) is 0 Å². The molecule has 0 aliphatic rings. The maximum absolute atomic E-state index is 6.17. The van der Waals surface area contributed by atoms with Crippen LogP contribution in [-0.4, -0.2) is 15.6 Å². The van der Waals surface area contributed by atoms with Gasteiger partial charge in [-0.25, -0.2) is 4.98 Å². The zero-order valence-corrected chi connectivity index (χ0v) is 11.5. The lowest BCUT2D eigenvalue weighted by molar-refractivity contribution is 0.564. The molecule has 96 valence electrons. The molecule has 0 fully saturated rings. The lowest BCUT2D eigenvalue weighted by Crippen LogP contribution is -2.23. The first-order chi connectivity index (χ1) is 8.66. The Hall–Kier alpha value is -1.32. The topological polar surface area (TPSA) is 29.9 Å². The molecule has 0 spiro atoms. The number of halogens is 1. The van der Waals surface area contributed by atoms with E-state index in [9.17, 15) is 0 Å². The number of nitrogens with one attached hydrogen (secondary N) is 1. The van der Waals surface area contributed by atoms with Crippen LogP contribution in [0.1, 0.15) is 25.1 Å². The number of benzene rings is 1. The van der Waals surface area contributed by atoms with Crippen molar-refractivity contribution < 1.29 is 0 Å². The average Bonchev–Trinajstić information content (AvgIpc) is 2.77. The van der Waals surface area contributed by atoms with E-state index in [4.69, 9.17) is 11.6 Å². The minimum atomic E-state index is 0.466. The molecule has 0 radical (unpaired) electrons. The van der Waals surface area contributed by atoms with Crippen molar-refractivity contribution in [3.8, 4) is 0 Å². The Morgan fingerprint density at radius 3 is 2.83 bits per heavy atom. The molecule has 2 rings (SSSR count). The number of aromatic nitrogens is 2. The molecule has 1 aromatic heterocycles. The van der Waals surface area contributed by atoms with Gasteiger partial charge in [0.15, 0.2) is 0 Å². The van der Waals surface area contributed by atoms with E-state index in [-0.39, 0.29) is 0 Å². The first kappa shape index (κ1) is 13.1. The van der Waals surface area contributed by atoms with Crippen LogP contribution in [0.4, 0.5) is 0 Å². The van der Waals surface area contributed by atoms with Gasteiger partial charge in [0.25, 0.3) is 0 Å². The summed E-state index contributed by atoms with van der Waals surface area (Å²) in [6, 6.07) is 8.38. The van der Waals surface area contributed by atoms with Crippen LogP contribution >= 0.6 is 11.6 Å². The fourth-order valence-corrected chi connectivity index (χ4v) is 1.95. The fraction of sp³-hybridized carbons (Fsp3) is 0.357. The third kappa shape index (κ3) is 3.34. The first-order valence-corrected chi connectivity index (χ1v) is 6.50. The highest BCUT2D eigenvalue weighted by Crippen LogP contribution is 2.16. The van der Waals surface area contributed by atoms with Gasteiger partial charge in [0, 0.05) is 23.8 Å². The molecule has 4 heteroatoms. The van der Waals surface area contributed by atoms with Crippen LogP contribution in [0, 0.1) is 0 Å². The molecule has 0 aliphatic heterocycles. The SMILES string of the molecule is CC(C)NCc1cncn1Cc1ccccc1Cl. The van der Waals surface area contributed by atoms with Crippen molar-refractivity contribution in [1.82, 2.24) is 14.9 Å². The fourth-order valence-electron chi connectivity index (χ4n) is 1.76. The maximum Gasteiger partial charge on any atom is 0.0951 e. The molecule has 3 nitrogen and oxygen atoms in total. The van der Waals surface area contributed by atoms with Crippen molar-refractivity contribution in [3.63, 3.8) is 0 Å². The van der Waals surface area contributed by atoms with Gasteiger partial charge < -0.3 is 9.88 Å². The van der Waals surface area contributed by atoms with Crippen LogP contribution in [0.3, 0.4) is 0 Å². The molecule has 0 unspecified atom stereocenters. The zero-order valence-electron chi connectivity index (χ0n) is 10.7. The third-order valence-corrected chi connectivity index (χ3v) is 3.16. The highest BCUT2D eigenvalue weighted by molar-refractivity contribution is 6.31. The molecule has 0 amide bonds. The molecule has 1 heterocycles. The molecule has 0 aliphatic carbocycles. The van der Waals surface area contributed by atoms with E-state index in [2.05, 4.69) is 28.7 Å². The molecular weight excluding hydrogens is 246 g/mol. The minimum absolute atomic E-state index is 0.466. The highest BCUT2D eigenvalue weighted by atomic mass is 35.5. The van der Waals surface area contributed by atoms with Gasteiger partial charge in [0.2, 0.25) is 0 Å². The Bertz CT molecular complexity index is 505. The second-order valence-corrected chi connectivity index (χ2v) is 5.05. The van der Waals surface area contributed by atoms with Crippen molar-refractivity contribution in [2.45, 2.75) is 33.0 Å². The summed E-state index contributed by atoms with van der Waals surface area (Å²) in [6.07, 6.45) is 3.74. The first-order valence-electron chi connectivity index (χ1n) is 6.12. The lowest BCUT2D eigenvalue weighted by atomic mass is 10.2. The van der Waals surface area contributed by atoms with Crippen molar-refractivity contribution in [2.75, 3.05) is 0 Å². The van der Waals surface area contributed by atoms with Crippen LogP contribution in [0.2, 0.25) is 5.02 Å². The number of hydrogen-bond acceptors (Lipinski definition) is 2. The average molecular weight is 264 g/mol. The van der Waals surface area contributed by atoms with E-state index in [1.165, 1.54) is 5.69 Å². The quantitative estimate of drug-likeness (QED) is 0.899. The van der Waals surface area contributed by atoms with Crippen molar-refractivity contribution >= 4 is 11.6 Å². The van der Waals surface area contributed by atoms with Gasteiger partial charge in [0.05, 0.1) is 18.6 Å².